The zero-order valence-corrected chi connectivity index (χ0v) is 30.2. The van der Waals surface area contributed by atoms with Crippen LogP contribution in [-0.2, 0) is 28.4 Å². The topological polar surface area (TPSA) is 84.5 Å². The van der Waals surface area contributed by atoms with Gasteiger partial charge in [0.05, 0.1) is 66.1 Å². The maximum atomic E-state index is 11.9. The fraction of sp³-hybridized carbons (Fsp3) is 0.865. The van der Waals surface area contributed by atoms with Gasteiger partial charge in [-0.1, -0.05) is 103 Å². The first-order valence-electron chi connectivity index (χ1n) is 18.6. The maximum Gasteiger partial charge on any atom is 0.252 e. The second-order valence-corrected chi connectivity index (χ2v) is 12.7. The molecule has 9 heteroatoms. The van der Waals surface area contributed by atoms with Crippen LogP contribution in [0.2, 0.25) is 0 Å². The molecular weight excluding hydrogens is 602 g/mol. The molecule has 1 N–H and O–H groups in total. The molecule has 1 amide bonds. The minimum atomic E-state index is 0.0530. The molecule has 0 atom stereocenters. The Labute approximate surface area is 286 Å². The number of rotatable bonds is 38. The third kappa shape index (κ3) is 31.5. The van der Waals surface area contributed by atoms with Crippen molar-refractivity contribution in [3.05, 3.63) is 22.4 Å². The van der Waals surface area contributed by atoms with Gasteiger partial charge in [-0.25, -0.2) is 0 Å². The summed E-state index contributed by atoms with van der Waals surface area (Å²) in [5, 5.41) is 6.83. The van der Waals surface area contributed by atoms with Gasteiger partial charge in [-0.05, 0) is 30.7 Å². The van der Waals surface area contributed by atoms with Crippen LogP contribution in [-0.4, -0.2) is 91.7 Å². The molecule has 0 radical (unpaired) electrons. The molecule has 1 heterocycles. The quantitative estimate of drug-likeness (QED) is 0.0705. The van der Waals surface area contributed by atoms with Crippen LogP contribution < -0.4 is 5.32 Å². The lowest BCUT2D eigenvalue weighted by Gasteiger charge is -2.08. The van der Waals surface area contributed by atoms with E-state index in [4.69, 9.17) is 28.4 Å². The normalized spacial score (nSPS) is 11.4. The summed E-state index contributed by atoms with van der Waals surface area (Å²) in [6.07, 6.45) is 23.0. The highest BCUT2D eigenvalue weighted by Crippen LogP contribution is 2.11. The second-order valence-electron chi connectivity index (χ2n) is 12.0. The number of hydrogen-bond acceptors (Lipinski definition) is 8. The fourth-order valence-corrected chi connectivity index (χ4v) is 5.62. The molecule has 0 saturated heterocycles. The molecule has 8 nitrogen and oxygen atoms in total. The Hall–Kier alpha value is -1.07. The van der Waals surface area contributed by atoms with Crippen LogP contribution in [0.15, 0.2) is 16.8 Å². The highest BCUT2D eigenvalue weighted by atomic mass is 32.1. The van der Waals surface area contributed by atoms with Gasteiger partial charge in [0, 0.05) is 30.7 Å². The minimum absolute atomic E-state index is 0.0530. The number of carbonyl (C=O) groups excluding carboxylic acids is 1. The lowest BCUT2D eigenvalue weighted by Crippen LogP contribution is -2.23. The molecule has 0 aliphatic heterocycles. The van der Waals surface area contributed by atoms with Gasteiger partial charge < -0.3 is 33.7 Å². The summed E-state index contributed by atoms with van der Waals surface area (Å²) >= 11 is 1.56. The van der Waals surface area contributed by atoms with Crippen LogP contribution in [0.4, 0.5) is 0 Å². The van der Waals surface area contributed by atoms with Crippen molar-refractivity contribution in [1.82, 2.24) is 5.32 Å². The third-order valence-corrected chi connectivity index (χ3v) is 8.47. The largest absolute Gasteiger partial charge is 0.379 e. The summed E-state index contributed by atoms with van der Waals surface area (Å²) in [6.45, 7) is 10.7. The number of thiophene rings is 1. The molecule has 0 spiro atoms. The van der Waals surface area contributed by atoms with Gasteiger partial charge in [0.25, 0.3) is 5.91 Å². The fourth-order valence-electron chi connectivity index (χ4n) is 4.98. The van der Waals surface area contributed by atoms with Gasteiger partial charge >= 0.3 is 0 Å². The molecule has 0 aliphatic carbocycles. The number of hydrogen-bond donors (Lipinski definition) is 1. The average Bonchev–Trinajstić information content (AvgIpc) is 3.62. The SMILES string of the molecule is CCCCCCCCCCOCCOCCOCCOCCOCCOCCCCCCCCCCCCNC(=O)c1ccsc1. The standard InChI is InChI=1S/C37H69NO7S/c1-2-3-4-5-6-12-15-18-22-40-24-26-42-28-30-44-32-33-45-31-29-43-27-25-41-23-19-16-13-10-8-7-9-11-14-17-21-38-37(39)36-20-34-46-35-36/h20,34-35H,2-19,21-33H2,1H3,(H,38,39). The number of amides is 1. The Morgan fingerprint density at radius 3 is 1.22 bits per heavy atom. The zero-order valence-electron chi connectivity index (χ0n) is 29.4. The van der Waals surface area contributed by atoms with E-state index in [9.17, 15) is 4.79 Å². The Morgan fingerprint density at radius 2 is 0.848 bits per heavy atom. The van der Waals surface area contributed by atoms with Crippen molar-refractivity contribution in [1.29, 1.82) is 0 Å². The summed E-state index contributed by atoms with van der Waals surface area (Å²) in [7, 11) is 0. The minimum Gasteiger partial charge on any atom is -0.379 e. The van der Waals surface area contributed by atoms with E-state index in [0.29, 0.717) is 66.1 Å². The lowest BCUT2D eigenvalue weighted by molar-refractivity contribution is -0.0169. The predicted molar refractivity (Wildman–Crippen MR) is 190 cm³/mol. The van der Waals surface area contributed by atoms with E-state index >= 15 is 0 Å². The van der Waals surface area contributed by atoms with Crippen LogP contribution in [0.5, 0.6) is 0 Å². The lowest BCUT2D eigenvalue weighted by atomic mass is 10.1. The first-order chi connectivity index (χ1) is 22.8. The van der Waals surface area contributed by atoms with Gasteiger partial charge in [0.15, 0.2) is 0 Å². The van der Waals surface area contributed by atoms with E-state index in [1.54, 1.807) is 11.3 Å². The van der Waals surface area contributed by atoms with Crippen molar-refractivity contribution in [2.24, 2.45) is 0 Å². The van der Waals surface area contributed by atoms with Crippen molar-refractivity contribution in [3.63, 3.8) is 0 Å². The van der Waals surface area contributed by atoms with Crippen LogP contribution in [0.25, 0.3) is 0 Å². The molecule has 0 bridgehead atoms. The summed E-state index contributed by atoms with van der Waals surface area (Å²) in [4.78, 5) is 11.9. The maximum absolute atomic E-state index is 11.9. The molecule has 0 saturated carbocycles. The zero-order chi connectivity index (χ0) is 32.9. The van der Waals surface area contributed by atoms with Crippen LogP contribution >= 0.6 is 11.3 Å². The van der Waals surface area contributed by atoms with Crippen molar-refractivity contribution in [2.45, 2.75) is 122 Å². The van der Waals surface area contributed by atoms with Crippen molar-refractivity contribution < 1.29 is 33.2 Å². The molecule has 46 heavy (non-hydrogen) atoms. The number of ether oxygens (including phenoxy) is 6. The average molecular weight is 672 g/mol. The van der Waals surface area contributed by atoms with E-state index < -0.39 is 0 Å². The van der Waals surface area contributed by atoms with Crippen LogP contribution in [0.1, 0.15) is 133 Å². The molecular formula is C37H69NO7S. The number of nitrogens with one attached hydrogen (secondary N) is 1. The summed E-state index contributed by atoms with van der Waals surface area (Å²) < 4.78 is 33.5. The second kappa shape index (κ2) is 36.8. The van der Waals surface area contributed by atoms with Gasteiger partial charge in [-0.3, -0.25) is 4.79 Å². The molecule has 1 aromatic rings. The molecule has 270 valence electrons. The van der Waals surface area contributed by atoms with Gasteiger partial charge in [0.1, 0.15) is 0 Å². The van der Waals surface area contributed by atoms with E-state index in [1.165, 1.54) is 96.3 Å². The predicted octanol–water partition coefficient (Wildman–Crippen LogP) is 8.62. The Bertz CT molecular complexity index is 723. The highest BCUT2D eigenvalue weighted by Gasteiger charge is 2.04. The van der Waals surface area contributed by atoms with Gasteiger partial charge in [-0.15, -0.1) is 0 Å². The highest BCUT2D eigenvalue weighted by molar-refractivity contribution is 7.08. The van der Waals surface area contributed by atoms with Crippen LogP contribution in [0, 0.1) is 0 Å². The van der Waals surface area contributed by atoms with Crippen molar-refractivity contribution in [3.8, 4) is 0 Å². The van der Waals surface area contributed by atoms with E-state index in [2.05, 4.69) is 12.2 Å². The molecule has 0 unspecified atom stereocenters. The van der Waals surface area contributed by atoms with Crippen molar-refractivity contribution >= 4 is 17.2 Å². The van der Waals surface area contributed by atoms with E-state index in [0.717, 1.165) is 44.6 Å². The Kier molecular flexibility index (Phi) is 34.3. The van der Waals surface area contributed by atoms with Crippen molar-refractivity contribution in [2.75, 3.05) is 85.8 Å². The van der Waals surface area contributed by atoms with E-state index in [1.807, 2.05) is 16.8 Å². The Morgan fingerprint density at radius 1 is 0.500 bits per heavy atom. The molecule has 0 fully saturated rings. The first-order valence-corrected chi connectivity index (χ1v) is 19.6. The van der Waals surface area contributed by atoms with Gasteiger partial charge in [-0.2, -0.15) is 11.3 Å². The summed E-state index contributed by atoms with van der Waals surface area (Å²) in [5.74, 6) is 0.0530. The monoisotopic (exact) mass is 671 g/mol. The van der Waals surface area contributed by atoms with Gasteiger partial charge in [0.2, 0.25) is 0 Å². The van der Waals surface area contributed by atoms with E-state index in [-0.39, 0.29) is 5.91 Å². The molecule has 0 aromatic carbocycles. The Balaban J connectivity index is 1.61. The summed E-state index contributed by atoms with van der Waals surface area (Å²) in [5.41, 5.74) is 0.777. The summed E-state index contributed by atoms with van der Waals surface area (Å²) in [6, 6.07) is 1.87. The number of carbonyl (C=O) groups is 1. The third-order valence-electron chi connectivity index (χ3n) is 7.79. The molecule has 1 rings (SSSR count). The van der Waals surface area contributed by atoms with Crippen LogP contribution in [0.3, 0.4) is 0 Å². The number of unbranched alkanes of at least 4 members (excludes halogenated alkanes) is 16. The molecule has 1 aromatic heterocycles. The smallest absolute Gasteiger partial charge is 0.252 e. The first kappa shape index (κ1) is 43.0. The molecule has 0 aliphatic rings.